The summed E-state index contributed by atoms with van der Waals surface area (Å²) in [6.45, 7) is 0. The quantitative estimate of drug-likeness (QED) is 0.228. The van der Waals surface area contributed by atoms with E-state index in [9.17, 15) is 0 Å². The fourth-order valence-electron chi connectivity index (χ4n) is 3.41. The lowest BCUT2D eigenvalue weighted by Gasteiger charge is -2.00. The van der Waals surface area contributed by atoms with Gasteiger partial charge < -0.3 is 0 Å². The van der Waals surface area contributed by atoms with E-state index in [4.69, 9.17) is 0 Å². The van der Waals surface area contributed by atoms with Crippen molar-refractivity contribution >= 4 is 31.9 Å². The van der Waals surface area contributed by atoms with Crippen molar-refractivity contribution < 1.29 is 0 Å². The van der Waals surface area contributed by atoms with Gasteiger partial charge in [0.1, 0.15) is 0 Å². The van der Waals surface area contributed by atoms with E-state index < -0.39 is 0 Å². The predicted octanol–water partition coefficient (Wildman–Crippen LogP) is 8.14. The molecule has 0 radical (unpaired) electrons. The van der Waals surface area contributed by atoms with Crippen LogP contribution in [0.1, 0.15) is 11.1 Å². The molecule has 0 heterocycles. The molecule has 0 aliphatic heterocycles. The average molecular weight is 478 g/mol. The molecular formula is C25H18Br2. The first-order chi connectivity index (χ1) is 13.2. The number of hydrogen-bond donors (Lipinski definition) is 0. The minimum atomic E-state index is 1.05. The molecule has 0 aromatic heterocycles. The molecule has 0 atom stereocenters. The van der Waals surface area contributed by atoms with Gasteiger partial charge in [0.2, 0.25) is 0 Å². The van der Waals surface area contributed by atoms with Crippen LogP contribution in [0.4, 0.5) is 0 Å². The van der Waals surface area contributed by atoms with Crippen molar-refractivity contribution in [3.8, 4) is 22.3 Å². The molecule has 27 heavy (non-hydrogen) atoms. The molecule has 4 aromatic rings. The van der Waals surface area contributed by atoms with Gasteiger partial charge in [-0.1, -0.05) is 105 Å². The fraction of sp³-hybridized carbons (Fsp3) is 0.0400. The third kappa shape index (κ3) is 4.23. The maximum Gasteiger partial charge on any atom is 0.0178 e. The summed E-state index contributed by atoms with van der Waals surface area (Å²) in [6, 6.07) is 33.8. The van der Waals surface area contributed by atoms with Crippen molar-refractivity contribution in [2.45, 2.75) is 6.42 Å². The van der Waals surface area contributed by atoms with Crippen LogP contribution in [0.5, 0.6) is 0 Å². The Morgan fingerprint density at radius 1 is 0.481 bits per heavy atom. The molecular weight excluding hydrogens is 460 g/mol. The summed E-state index contributed by atoms with van der Waals surface area (Å²) in [7, 11) is 0. The second-order valence-corrected chi connectivity index (χ2v) is 8.34. The number of fused-ring (bicyclic) bond motifs is 3. The zero-order valence-corrected chi connectivity index (χ0v) is 17.9. The topological polar surface area (TPSA) is 0 Å². The molecule has 1 aliphatic rings. The molecule has 4 aromatic carbocycles. The fourth-order valence-corrected chi connectivity index (χ4v) is 4.23. The Bertz CT molecular complexity index is 967. The number of rotatable bonds is 1. The lowest BCUT2D eigenvalue weighted by atomic mass is 10.1. The standard InChI is InChI=1S/C13H8Br2.C12H10/c14-10-1-3-12-8(6-10)5-9-7-11(15)2-4-13(9)12;1-3-7-11(8-4-1)12-9-5-2-6-10-12/h1-4,6-7H,5H2;1-10H. The first kappa shape index (κ1) is 18.2. The Morgan fingerprint density at radius 2 is 0.889 bits per heavy atom. The molecule has 1 aliphatic carbocycles. The number of benzene rings is 4. The monoisotopic (exact) mass is 476 g/mol. The van der Waals surface area contributed by atoms with E-state index in [1.807, 2.05) is 12.1 Å². The molecule has 0 saturated heterocycles. The maximum atomic E-state index is 3.51. The Kier molecular flexibility index (Phi) is 5.56. The van der Waals surface area contributed by atoms with Gasteiger partial charge in [-0.25, -0.2) is 0 Å². The lowest BCUT2D eigenvalue weighted by molar-refractivity contribution is 1.25. The molecule has 0 bridgehead atoms. The molecule has 0 nitrogen and oxygen atoms in total. The van der Waals surface area contributed by atoms with E-state index in [1.165, 1.54) is 33.4 Å². The largest absolute Gasteiger partial charge is 0.0622 e. The van der Waals surface area contributed by atoms with Crippen molar-refractivity contribution in [1.82, 2.24) is 0 Å². The van der Waals surface area contributed by atoms with Crippen molar-refractivity contribution in [1.29, 1.82) is 0 Å². The number of halogens is 2. The van der Waals surface area contributed by atoms with Gasteiger partial charge in [-0.2, -0.15) is 0 Å². The van der Waals surface area contributed by atoms with Crippen LogP contribution < -0.4 is 0 Å². The van der Waals surface area contributed by atoms with Gasteiger partial charge in [-0.3, -0.25) is 0 Å². The van der Waals surface area contributed by atoms with Gasteiger partial charge in [-0.05, 0) is 64.1 Å². The van der Waals surface area contributed by atoms with E-state index in [2.05, 4.69) is 117 Å². The molecule has 0 saturated carbocycles. The first-order valence-electron chi connectivity index (χ1n) is 8.88. The predicted molar refractivity (Wildman–Crippen MR) is 122 cm³/mol. The average Bonchev–Trinajstić information content (AvgIpc) is 3.06. The molecule has 132 valence electrons. The van der Waals surface area contributed by atoms with Crippen LogP contribution in [-0.2, 0) is 6.42 Å². The van der Waals surface area contributed by atoms with Crippen molar-refractivity contribution in [2.24, 2.45) is 0 Å². The van der Waals surface area contributed by atoms with E-state index in [0.717, 1.165) is 15.4 Å². The summed E-state index contributed by atoms with van der Waals surface area (Å²) < 4.78 is 2.32. The van der Waals surface area contributed by atoms with Crippen LogP contribution >= 0.6 is 31.9 Å². The van der Waals surface area contributed by atoms with Crippen molar-refractivity contribution in [3.05, 3.63) is 117 Å². The molecule has 0 fully saturated rings. The van der Waals surface area contributed by atoms with E-state index in [1.54, 1.807) is 0 Å². The first-order valence-corrected chi connectivity index (χ1v) is 10.5. The van der Waals surface area contributed by atoms with Crippen LogP contribution in [-0.4, -0.2) is 0 Å². The highest BCUT2D eigenvalue weighted by Crippen LogP contribution is 2.38. The van der Waals surface area contributed by atoms with Crippen LogP contribution in [0.25, 0.3) is 22.3 Å². The highest BCUT2D eigenvalue weighted by Gasteiger charge is 2.18. The Morgan fingerprint density at radius 3 is 1.30 bits per heavy atom. The second kappa shape index (κ2) is 8.24. The maximum absolute atomic E-state index is 3.51. The van der Waals surface area contributed by atoms with Crippen LogP contribution in [0.15, 0.2) is 106 Å². The molecule has 0 N–H and O–H groups in total. The Labute approximate surface area is 177 Å². The third-order valence-electron chi connectivity index (χ3n) is 4.69. The summed E-state index contributed by atoms with van der Waals surface area (Å²) in [6.07, 6.45) is 1.05. The van der Waals surface area contributed by atoms with Crippen molar-refractivity contribution in [2.75, 3.05) is 0 Å². The Hall–Kier alpha value is -2.16. The van der Waals surface area contributed by atoms with Gasteiger partial charge >= 0.3 is 0 Å². The van der Waals surface area contributed by atoms with Crippen LogP contribution in [0.2, 0.25) is 0 Å². The van der Waals surface area contributed by atoms with E-state index in [-0.39, 0.29) is 0 Å². The molecule has 5 rings (SSSR count). The summed E-state index contributed by atoms with van der Waals surface area (Å²) in [4.78, 5) is 0. The Balaban J connectivity index is 0.000000137. The van der Waals surface area contributed by atoms with Gasteiger partial charge in [0.05, 0.1) is 0 Å². The SMILES string of the molecule is Brc1ccc2c(c1)Cc1cc(Br)ccc1-2.c1ccc(-c2ccccc2)cc1. The smallest absolute Gasteiger partial charge is 0.0178 e. The molecule has 0 amide bonds. The van der Waals surface area contributed by atoms with E-state index in [0.29, 0.717) is 0 Å². The summed E-state index contributed by atoms with van der Waals surface area (Å²) in [5.41, 5.74) is 8.13. The zero-order chi connectivity index (χ0) is 18.6. The summed E-state index contributed by atoms with van der Waals surface area (Å²) in [5.74, 6) is 0. The number of hydrogen-bond acceptors (Lipinski definition) is 0. The zero-order valence-electron chi connectivity index (χ0n) is 14.7. The highest BCUT2D eigenvalue weighted by molar-refractivity contribution is 9.10. The van der Waals surface area contributed by atoms with Gasteiger partial charge in [0.15, 0.2) is 0 Å². The van der Waals surface area contributed by atoms with Gasteiger partial charge in [-0.15, -0.1) is 0 Å². The lowest BCUT2D eigenvalue weighted by Crippen LogP contribution is -1.79. The molecule has 2 heteroatoms. The van der Waals surface area contributed by atoms with Crippen molar-refractivity contribution in [3.63, 3.8) is 0 Å². The van der Waals surface area contributed by atoms with E-state index >= 15 is 0 Å². The third-order valence-corrected chi connectivity index (χ3v) is 5.67. The summed E-state index contributed by atoms with van der Waals surface area (Å²) in [5, 5.41) is 0. The molecule has 0 unspecified atom stereocenters. The van der Waals surface area contributed by atoms with Gasteiger partial charge in [0.25, 0.3) is 0 Å². The minimum Gasteiger partial charge on any atom is -0.0622 e. The normalized spacial score (nSPS) is 11.2. The van der Waals surface area contributed by atoms with Gasteiger partial charge in [0, 0.05) is 8.95 Å². The summed E-state index contributed by atoms with van der Waals surface area (Å²) >= 11 is 7.03. The van der Waals surface area contributed by atoms with Crippen LogP contribution in [0.3, 0.4) is 0 Å². The second-order valence-electron chi connectivity index (χ2n) is 6.51. The highest BCUT2D eigenvalue weighted by atomic mass is 79.9. The molecule has 0 spiro atoms. The van der Waals surface area contributed by atoms with Crippen LogP contribution in [0, 0.1) is 0 Å². The minimum absolute atomic E-state index is 1.05.